The van der Waals surface area contributed by atoms with Gasteiger partial charge in [0.15, 0.2) is 0 Å². The first kappa shape index (κ1) is 13.0. The van der Waals surface area contributed by atoms with Gasteiger partial charge in [0.05, 0.1) is 0 Å². The van der Waals surface area contributed by atoms with E-state index >= 15 is 0 Å². The van der Waals surface area contributed by atoms with Crippen LogP contribution in [-0.2, 0) is 0 Å². The molecule has 1 rings (SSSR count). The number of halogens is 1. The minimum Gasteiger partial charge on any atom is -0.319 e. The summed E-state index contributed by atoms with van der Waals surface area (Å²) in [6.07, 6.45) is 0. The normalized spacial score (nSPS) is 10.4. The Hall–Kier alpha value is -0.990. The SMILES string of the molecule is Cc1cc(N)[nH+]c(C)n1.[O-][Cl+3]([O-])([O-])[O-]. The molecule has 3 N–H and O–H groups in total. The summed E-state index contributed by atoms with van der Waals surface area (Å²) in [6.45, 7) is 3.79. The maximum absolute atomic E-state index is 8.49. The largest absolute Gasteiger partial charge is 0.319 e. The number of rotatable bonds is 0. The summed E-state index contributed by atoms with van der Waals surface area (Å²) < 4.78 is 34.0. The molecule has 0 amide bonds. The average molecular weight is 224 g/mol. The molecule has 0 unspecified atom stereocenters. The Balaban J connectivity index is 0.000000292. The van der Waals surface area contributed by atoms with Crippen molar-refractivity contribution >= 4 is 5.82 Å². The summed E-state index contributed by atoms with van der Waals surface area (Å²) in [5.41, 5.74) is 6.41. The lowest BCUT2D eigenvalue weighted by molar-refractivity contribution is -2.00. The molecule has 0 atom stereocenters. The highest BCUT2D eigenvalue weighted by atomic mass is 35.7. The summed E-state index contributed by atoms with van der Waals surface area (Å²) in [7, 11) is -4.94. The summed E-state index contributed by atoms with van der Waals surface area (Å²) in [5, 5.41) is 0. The first-order valence-electron chi connectivity index (χ1n) is 3.43. The Morgan fingerprint density at radius 3 is 2.00 bits per heavy atom. The standard InChI is InChI=1S/C6H9N3.ClHO4/c1-4-3-6(7)9-5(2)8-4;2-1(3,4)5/h3H,1-2H3,(H2,7,8,9);(H,2,3,4,5). The molecule has 1 aromatic rings. The predicted molar refractivity (Wildman–Crippen MR) is 34.7 cm³/mol. The smallest absolute Gasteiger partial charge is 0.233 e. The van der Waals surface area contributed by atoms with Crippen LogP contribution in [0, 0.1) is 24.1 Å². The lowest BCUT2D eigenvalue weighted by atomic mass is 10.4. The zero-order valence-electron chi connectivity index (χ0n) is 7.61. The molecule has 0 aliphatic heterocycles. The Kier molecular flexibility index (Phi) is 4.68. The summed E-state index contributed by atoms with van der Waals surface area (Å²) >= 11 is 0. The molecule has 0 bridgehead atoms. The average Bonchev–Trinajstić information content (AvgIpc) is 1.77. The van der Waals surface area contributed by atoms with Crippen LogP contribution in [0.1, 0.15) is 11.5 Å². The minimum atomic E-state index is -4.94. The third-order valence-electron chi connectivity index (χ3n) is 1.03. The van der Waals surface area contributed by atoms with Gasteiger partial charge in [-0.15, -0.1) is 15.2 Å². The number of nitrogen functional groups attached to an aromatic ring is 1. The van der Waals surface area contributed by atoms with Gasteiger partial charge in [-0.25, -0.2) is 23.6 Å². The number of hydrogen-bond acceptors (Lipinski definition) is 6. The lowest BCUT2D eigenvalue weighted by Crippen LogP contribution is -2.68. The molecule has 7 nitrogen and oxygen atoms in total. The first-order chi connectivity index (χ1) is 6.18. The van der Waals surface area contributed by atoms with Crippen LogP contribution in [0.2, 0.25) is 0 Å². The van der Waals surface area contributed by atoms with Crippen molar-refractivity contribution in [2.75, 3.05) is 5.73 Å². The molecule has 14 heavy (non-hydrogen) atoms. The van der Waals surface area contributed by atoms with Gasteiger partial charge < -0.3 is 5.73 Å². The molecule has 0 fully saturated rings. The van der Waals surface area contributed by atoms with Crippen LogP contribution in [0.15, 0.2) is 6.07 Å². The van der Waals surface area contributed by atoms with Gasteiger partial charge in [0.2, 0.25) is 11.6 Å². The van der Waals surface area contributed by atoms with E-state index in [0.717, 1.165) is 11.5 Å². The zero-order valence-corrected chi connectivity index (χ0v) is 8.37. The van der Waals surface area contributed by atoms with Crippen LogP contribution >= 0.6 is 0 Å². The highest BCUT2D eigenvalue weighted by Crippen LogP contribution is 1.93. The topological polar surface area (TPSA) is 145 Å². The van der Waals surface area contributed by atoms with Crippen molar-refractivity contribution in [1.82, 2.24) is 4.98 Å². The third-order valence-corrected chi connectivity index (χ3v) is 1.03. The van der Waals surface area contributed by atoms with Gasteiger partial charge in [0.1, 0.15) is 5.69 Å². The van der Waals surface area contributed by atoms with Crippen molar-refractivity contribution in [1.29, 1.82) is 0 Å². The van der Waals surface area contributed by atoms with Crippen molar-refractivity contribution in [2.24, 2.45) is 0 Å². The molecule has 0 spiro atoms. The van der Waals surface area contributed by atoms with E-state index in [1.807, 2.05) is 13.8 Å². The monoisotopic (exact) mass is 223 g/mol. The van der Waals surface area contributed by atoms with Crippen LogP contribution in [0.4, 0.5) is 5.82 Å². The molecular weight excluding hydrogens is 214 g/mol. The quantitative estimate of drug-likeness (QED) is 0.468. The number of hydrogen-bond donors (Lipinski definition) is 1. The highest BCUT2D eigenvalue weighted by molar-refractivity contribution is 5.21. The van der Waals surface area contributed by atoms with Crippen molar-refractivity contribution < 1.29 is 33.9 Å². The van der Waals surface area contributed by atoms with Gasteiger partial charge in [0.25, 0.3) is 0 Å². The number of aromatic nitrogens is 2. The van der Waals surface area contributed by atoms with Crippen LogP contribution in [0.3, 0.4) is 0 Å². The van der Waals surface area contributed by atoms with Crippen LogP contribution in [0.5, 0.6) is 0 Å². The van der Waals surface area contributed by atoms with E-state index in [0.29, 0.717) is 5.82 Å². The summed E-state index contributed by atoms with van der Waals surface area (Å²) in [6, 6.07) is 1.80. The number of H-pyrrole nitrogens is 1. The van der Waals surface area contributed by atoms with E-state index in [2.05, 4.69) is 9.97 Å². The maximum atomic E-state index is 8.49. The van der Waals surface area contributed by atoms with Gasteiger partial charge in [-0.3, -0.25) is 0 Å². The second-order valence-corrected chi connectivity index (χ2v) is 3.20. The lowest BCUT2D eigenvalue weighted by Gasteiger charge is -2.17. The zero-order chi connectivity index (χ0) is 11.4. The number of nitrogens with one attached hydrogen (secondary N) is 1. The van der Waals surface area contributed by atoms with Gasteiger partial charge in [0, 0.05) is 13.0 Å². The van der Waals surface area contributed by atoms with Crippen LogP contribution < -0.4 is 29.4 Å². The second-order valence-electron chi connectivity index (χ2n) is 2.44. The number of nitrogens with two attached hydrogens (primary N) is 1. The van der Waals surface area contributed by atoms with Crippen molar-refractivity contribution in [3.05, 3.63) is 17.6 Å². The Morgan fingerprint density at radius 2 is 1.71 bits per heavy atom. The fraction of sp³-hybridized carbons (Fsp3) is 0.333. The predicted octanol–water partition coefficient (Wildman–Crippen LogP) is -4.66. The molecule has 0 aliphatic rings. The fourth-order valence-electron chi connectivity index (χ4n) is 0.795. The van der Waals surface area contributed by atoms with Gasteiger partial charge in [-0.1, -0.05) is 0 Å². The van der Waals surface area contributed by atoms with E-state index in [1.165, 1.54) is 0 Å². The maximum Gasteiger partial charge on any atom is 0.233 e. The van der Waals surface area contributed by atoms with Gasteiger partial charge in [-0.2, -0.15) is 0 Å². The van der Waals surface area contributed by atoms with Crippen molar-refractivity contribution in [2.45, 2.75) is 13.8 Å². The Morgan fingerprint density at radius 1 is 1.29 bits per heavy atom. The fourth-order valence-corrected chi connectivity index (χ4v) is 0.795. The number of nitrogens with zero attached hydrogens (tertiary/aromatic N) is 1. The number of anilines is 1. The molecule has 8 heteroatoms. The number of aromatic amines is 1. The summed E-state index contributed by atoms with van der Waals surface area (Å²) in [5.74, 6) is 1.52. The molecule has 0 aromatic carbocycles. The molecule has 0 aliphatic carbocycles. The van der Waals surface area contributed by atoms with Crippen molar-refractivity contribution in [3.63, 3.8) is 0 Å². The molecule has 80 valence electrons. The van der Waals surface area contributed by atoms with E-state index < -0.39 is 10.2 Å². The molecular formula is C6H10ClN3O4. The highest BCUT2D eigenvalue weighted by Gasteiger charge is 1.97. The molecule has 0 radical (unpaired) electrons. The molecule has 0 saturated heterocycles. The third kappa shape index (κ3) is 9.10. The van der Waals surface area contributed by atoms with Crippen LogP contribution in [-0.4, -0.2) is 4.98 Å². The second kappa shape index (κ2) is 5.03. The van der Waals surface area contributed by atoms with E-state index in [-0.39, 0.29) is 0 Å². The first-order valence-corrected chi connectivity index (χ1v) is 4.66. The van der Waals surface area contributed by atoms with E-state index in [9.17, 15) is 0 Å². The van der Waals surface area contributed by atoms with Gasteiger partial charge >= 0.3 is 0 Å². The molecule has 1 aromatic heterocycles. The van der Waals surface area contributed by atoms with E-state index in [1.54, 1.807) is 6.07 Å². The van der Waals surface area contributed by atoms with Crippen molar-refractivity contribution in [3.8, 4) is 0 Å². The molecule has 0 saturated carbocycles. The van der Waals surface area contributed by atoms with E-state index in [4.69, 9.17) is 24.4 Å². The molecule has 1 heterocycles. The van der Waals surface area contributed by atoms with Crippen LogP contribution in [0.25, 0.3) is 0 Å². The van der Waals surface area contributed by atoms with Gasteiger partial charge in [-0.05, 0) is 6.92 Å². The minimum absolute atomic E-state index is 0.667. The Bertz CT molecular complexity index is 245. The summed E-state index contributed by atoms with van der Waals surface area (Å²) in [4.78, 5) is 6.98. The number of aryl methyl sites for hydroxylation is 2. The Labute approximate surface area is 82.6 Å².